The first-order chi connectivity index (χ1) is 11.2. The number of aromatic nitrogens is 3. The van der Waals surface area contributed by atoms with Gasteiger partial charge in [-0.15, -0.1) is 0 Å². The van der Waals surface area contributed by atoms with Crippen LogP contribution in [0, 0.1) is 6.92 Å². The fourth-order valence-electron chi connectivity index (χ4n) is 2.70. The van der Waals surface area contributed by atoms with Crippen LogP contribution in [0.15, 0.2) is 30.6 Å². The van der Waals surface area contributed by atoms with Crippen molar-refractivity contribution in [2.45, 2.75) is 32.7 Å². The molecule has 6 heteroatoms. The van der Waals surface area contributed by atoms with Crippen LogP contribution in [0.25, 0.3) is 0 Å². The van der Waals surface area contributed by atoms with Crippen molar-refractivity contribution in [1.29, 1.82) is 0 Å². The second-order valence-corrected chi connectivity index (χ2v) is 5.78. The molecule has 0 spiro atoms. The molecule has 0 saturated carbocycles. The Balaban J connectivity index is 1.72. The highest BCUT2D eigenvalue weighted by molar-refractivity contribution is 5.92. The zero-order chi connectivity index (χ0) is 16.1. The molecule has 0 bridgehead atoms. The molecule has 1 aliphatic heterocycles. The van der Waals surface area contributed by atoms with Crippen molar-refractivity contribution in [1.82, 2.24) is 19.9 Å². The van der Waals surface area contributed by atoms with Crippen LogP contribution >= 0.6 is 0 Å². The van der Waals surface area contributed by atoms with Gasteiger partial charge in [0, 0.05) is 37.7 Å². The first-order valence-corrected chi connectivity index (χ1v) is 8.00. The monoisotopic (exact) mass is 311 g/mol. The van der Waals surface area contributed by atoms with Gasteiger partial charge in [-0.2, -0.15) is 0 Å². The molecule has 3 heterocycles. The lowest BCUT2D eigenvalue weighted by Gasteiger charge is -2.26. The number of pyridine rings is 1. The maximum absolute atomic E-state index is 12.6. The summed E-state index contributed by atoms with van der Waals surface area (Å²) in [4.78, 5) is 27.2. The fourth-order valence-corrected chi connectivity index (χ4v) is 2.70. The Morgan fingerprint density at radius 2 is 1.91 bits per heavy atom. The summed E-state index contributed by atoms with van der Waals surface area (Å²) in [6.07, 6.45) is 6.84. The first kappa shape index (κ1) is 15.4. The van der Waals surface area contributed by atoms with Gasteiger partial charge in [0.05, 0.1) is 0 Å². The number of anilines is 1. The molecule has 23 heavy (non-hydrogen) atoms. The minimum Gasteiger partial charge on any atom is -0.350 e. The smallest absolute Gasteiger partial charge is 0.272 e. The molecular weight excluding hydrogens is 290 g/mol. The number of hydrogen-bond donors (Lipinski definition) is 1. The Morgan fingerprint density at radius 1 is 1.17 bits per heavy atom. The molecule has 2 aromatic rings. The highest BCUT2D eigenvalue weighted by atomic mass is 16.2. The number of likely N-dealkylation sites (tertiary alicyclic amines) is 1. The number of amides is 1. The van der Waals surface area contributed by atoms with Gasteiger partial charge in [-0.3, -0.25) is 9.78 Å². The zero-order valence-electron chi connectivity index (χ0n) is 13.3. The molecule has 120 valence electrons. The molecule has 1 aliphatic rings. The fraction of sp³-hybridized carbons (Fsp3) is 0.412. The number of piperidine rings is 1. The number of aryl methyl sites for hydroxylation is 1. The van der Waals surface area contributed by atoms with Crippen molar-refractivity contribution < 1.29 is 4.79 Å². The van der Waals surface area contributed by atoms with Crippen molar-refractivity contribution in [3.63, 3.8) is 0 Å². The Labute approximate surface area is 136 Å². The zero-order valence-corrected chi connectivity index (χ0v) is 13.3. The van der Waals surface area contributed by atoms with E-state index in [-0.39, 0.29) is 5.91 Å². The normalized spacial score (nSPS) is 14.6. The molecule has 1 fully saturated rings. The number of nitrogens with one attached hydrogen (secondary N) is 1. The van der Waals surface area contributed by atoms with Crippen LogP contribution in [-0.4, -0.2) is 38.8 Å². The lowest BCUT2D eigenvalue weighted by atomic mass is 10.1. The first-order valence-electron chi connectivity index (χ1n) is 8.00. The van der Waals surface area contributed by atoms with Gasteiger partial charge in [0.2, 0.25) is 5.95 Å². The maximum atomic E-state index is 12.6. The van der Waals surface area contributed by atoms with Gasteiger partial charge in [-0.05, 0) is 49.9 Å². The molecule has 0 aliphatic carbocycles. The third-order valence-electron chi connectivity index (χ3n) is 3.92. The van der Waals surface area contributed by atoms with Gasteiger partial charge in [0.1, 0.15) is 5.69 Å². The quantitative estimate of drug-likeness (QED) is 0.939. The van der Waals surface area contributed by atoms with E-state index in [0.717, 1.165) is 37.2 Å². The summed E-state index contributed by atoms with van der Waals surface area (Å²) in [6, 6.07) is 5.62. The predicted molar refractivity (Wildman–Crippen MR) is 88.1 cm³/mol. The van der Waals surface area contributed by atoms with Gasteiger partial charge < -0.3 is 10.2 Å². The molecule has 1 N–H and O–H groups in total. The minimum absolute atomic E-state index is 0.00200. The summed E-state index contributed by atoms with van der Waals surface area (Å²) < 4.78 is 0. The standard InChI is InChI=1S/C17H21N5O/c1-13-11-15(16(23)22-9-3-2-4-10-22)21-17(20-13)19-12-14-5-7-18-8-6-14/h5-8,11H,2-4,9-10,12H2,1H3,(H,19,20,21). The summed E-state index contributed by atoms with van der Waals surface area (Å²) >= 11 is 0. The van der Waals surface area contributed by atoms with Crippen molar-refractivity contribution in [2.75, 3.05) is 18.4 Å². The third kappa shape index (κ3) is 4.03. The van der Waals surface area contributed by atoms with E-state index in [0.29, 0.717) is 18.2 Å². The van der Waals surface area contributed by atoms with Gasteiger partial charge in [-0.1, -0.05) is 0 Å². The molecule has 3 rings (SSSR count). The Hall–Kier alpha value is -2.50. The van der Waals surface area contributed by atoms with E-state index < -0.39 is 0 Å². The van der Waals surface area contributed by atoms with Gasteiger partial charge in [-0.25, -0.2) is 9.97 Å². The largest absolute Gasteiger partial charge is 0.350 e. The van der Waals surface area contributed by atoms with Crippen molar-refractivity contribution in [3.05, 3.63) is 47.5 Å². The van der Waals surface area contributed by atoms with Crippen molar-refractivity contribution in [2.24, 2.45) is 0 Å². The Kier molecular flexibility index (Phi) is 4.80. The molecule has 2 aromatic heterocycles. The number of nitrogens with zero attached hydrogens (tertiary/aromatic N) is 4. The molecule has 6 nitrogen and oxygen atoms in total. The highest BCUT2D eigenvalue weighted by Gasteiger charge is 2.20. The van der Waals surface area contributed by atoms with Crippen LogP contribution in [0.4, 0.5) is 5.95 Å². The van der Waals surface area contributed by atoms with E-state index in [4.69, 9.17) is 0 Å². The number of hydrogen-bond acceptors (Lipinski definition) is 5. The average Bonchev–Trinajstić information content (AvgIpc) is 2.60. The predicted octanol–water partition coefficient (Wildman–Crippen LogP) is 2.42. The van der Waals surface area contributed by atoms with E-state index in [1.165, 1.54) is 6.42 Å². The van der Waals surface area contributed by atoms with Gasteiger partial charge in [0.25, 0.3) is 5.91 Å². The molecule has 1 saturated heterocycles. The van der Waals surface area contributed by atoms with Crippen LogP contribution in [0.5, 0.6) is 0 Å². The van der Waals surface area contributed by atoms with Crippen LogP contribution in [0.1, 0.15) is 41.0 Å². The molecule has 1 amide bonds. The van der Waals surface area contributed by atoms with Gasteiger partial charge in [0.15, 0.2) is 0 Å². The third-order valence-corrected chi connectivity index (χ3v) is 3.92. The van der Waals surface area contributed by atoms with E-state index in [1.807, 2.05) is 24.0 Å². The van der Waals surface area contributed by atoms with Crippen LogP contribution in [0.3, 0.4) is 0 Å². The summed E-state index contributed by atoms with van der Waals surface area (Å²) in [5, 5.41) is 3.18. The van der Waals surface area contributed by atoms with E-state index in [2.05, 4.69) is 20.3 Å². The second kappa shape index (κ2) is 7.17. The lowest BCUT2D eigenvalue weighted by Crippen LogP contribution is -2.36. The van der Waals surface area contributed by atoms with E-state index in [1.54, 1.807) is 18.5 Å². The maximum Gasteiger partial charge on any atom is 0.272 e. The SMILES string of the molecule is Cc1cc(C(=O)N2CCCCC2)nc(NCc2ccncc2)n1. The molecule has 0 radical (unpaired) electrons. The van der Waals surface area contributed by atoms with Crippen LogP contribution in [0.2, 0.25) is 0 Å². The average molecular weight is 311 g/mol. The molecule has 0 unspecified atom stereocenters. The number of rotatable bonds is 4. The van der Waals surface area contributed by atoms with Crippen molar-refractivity contribution >= 4 is 11.9 Å². The summed E-state index contributed by atoms with van der Waals surface area (Å²) in [5.41, 5.74) is 2.35. The summed E-state index contributed by atoms with van der Waals surface area (Å²) in [5.74, 6) is 0.490. The summed E-state index contributed by atoms with van der Waals surface area (Å²) in [7, 11) is 0. The second-order valence-electron chi connectivity index (χ2n) is 5.78. The highest BCUT2D eigenvalue weighted by Crippen LogP contribution is 2.14. The number of carbonyl (C=O) groups excluding carboxylic acids is 1. The molecule has 0 aromatic carbocycles. The Bertz CT molecular complexity index is 668. The molecule has 0 atom stereocenters. The summed E-state index contributed by atoms with van der Waals surface area (Å²) in [6.45, 7) is 4.12. The van der Waals surface area contributed by atoms with Crippen LogP contribution in [-0.2, 0) is 6.54 Å². The topological polar surface area (TPSA) is 71.0 Å². The number of carbonyl (C=O) groups is 1. The van der Waals surface area contributed by atoms with E-state index in [9.17, 15) is 4.79 Å². The van der Waals surface area contributed by atoms with Crippen LogP contribution < -0.4 is 5.32 Å². The molecular formula is C17H21N5O. The van der Waals surface area contributed by atoms with Gasteiger partial charge >= 0.3 is 0 Å². The Morgan fingerprint density at radius 3 is 2.65 bits per heavy atom. The minimum atomic E-state index is 0.00200. The van der Waals surface area contributed by atoms with E-state index >= 15 is 0 Å². The lowest BCUT2D eigenvalue weighted by molar-refractivity contribution is 0.0718. The van der Waals surface area contributed by atoms with Crippen molar-refractivity contribution in [3.8, 4) is 0 Å².